The molecule has 8 nitrogen and oxygen atoms in total. The van der Waals surface area contributed by atoms with E-state index in [0.29, 0.717) is 12.8 Å². The summed E-state index contributed by atoms with van der Waals surface area (Å²) < 4.78 is 17.2. The van der Waals surface area contributed by atoms with Crippen molar-refractivity contribution in [2.75, 3.05) is 41.0 Å². The molecular formula is C53H95NO7. The molecule has 0 amide bonds. The summed E-state index contributed by atoms with van der Waals surface area (Å²) in [6.45, 7) is 4.56. The highest BCUT2D eigenvalue weighted by Gasteiger charge is 2.25. The SMILES string of the molecule is CC/C=C/C/C=C/C/C=C/CCCCCCCCCCCCCC(=O)OC(COCCC(C(=O)[O-])[N+](C)(C)C)COC(=O)CCCCCCC/C=C/CCCCCCCCC. The molecule has 0 N–H and O–H groups in total. The number of ether oxygens (including phenoxy) is 3. The van der Waals surface area contributed by atoms with Gasteiger partial charge in [-0.1, -0.05) is 178 Å². The highest BCUT2D eigenvalue weighted by molar-refractivity contribution is 5.70. The first kappa shape index (κ1) is 58.3. The average Bonchev–Trinajstić information content (AvgIpc) is 3.22. The molecule has 0 aromatic heterocycles. The van der Waals surface area contributed by atoms with Crippen molar-refractivity contribution in [2.45, 2.75) is 231 Å². The molecule has 0 fully saturated rings. The van der Waals surface area contributed by atoms with Crippen LogP contribution in [-0.4, -0.2) is 75.5 Å². The Bertz CT molecular complexity index is 1140. The normalized spacial score (nSPS) is 13.3. The molecule has 2 atom stereocenters. The van der Waals surface area contributed by atoms with Crippen LogP contribution in [0.5, 0.6) is 0 Å². The Balaban J connectivity index is 4.25. The minimum atomic E-state index is -1.13. The van der Waals surface area contributed by atoms with Gasteiger partial charge in [-0.25, -0.2) is 0 Å². The van der Waals surface area contributed by atoms with E-state index >= 15 is 0 Å². The van der Waals surface area contributed by atoms with E-state index in [1.54, 1.807) is 21.1 Å². The van der Waals surface area contributed by atoms with Gasteiger partial charge >= 0.3 is 11.9 Å². The molecule has 0 aliphatic carbocycles. The molecule has 0 aliphatic heterocycles. The molecule has 2 unspecified atom stereocenters. The van der Waals surface area contributed by atoms with Crippen molar-refractivity contribution in [1.29, 1.82) is 0 Å². The summed E-state index contributed by atoms with van der Waals surface area (Å²) in [5, 5.41) is 11.7. The van der Waals surface area contributed by atoms with E-state index in [0.717, 1.165) is 70.6 Å². The third-order valence-electron chi connectivity index (χ3n) is 11.2. The number of carbonyl (C=O) groups is 3. The number of rotatable bonds is 45. The van der Waals surface area contributed by atoms with Crippen LogP contribution >= 0.6 is 0 Å². The number of aliphatic carboxylic acids is 1. The maximum absolute atomic E-state index is 12.8. The lowest BCUT2D eigenvalue weighted by molar-refractivity contribution is -0.889. The van der Waals surface area contributed by atoms with E-state index in [-0.39, 0.29) is 42.7 Å². The monoisotopic (exact) mass is 858 g/mol. The second-order valence-electron chi connectivity index (χ2n) is 18.0. The van der Waals surface area contributed by atoms with Crippen molar-refractivity contribution in [3.05, 3.63) is 48.6 Å². The summed E-state index contributed by atoms with van der Waals surface area (Å²) in [5.41, 5.74) is 0. The summed E-state index contributed by atoms with van der Waals surface area (Å²) in [5.74, 6) is -1.74. The first-order valence-corrected chi connectivity index (χ1v) is 25.2. The van der Waals surface area contributed by atoms with Crippen LogP contribution in [0.1, 0.15) is 219 Å². The van der Waals surface area contributed by atoms with E-state index in [1.165, 1.54) is 116 Å². The third kappa shape index (κ3) is 42.4. The predicted molar refractivity (Wildman–Crippen MR) is 254 cm³/mol. The van der Waals surface area contributed by atoms with Gasteiger partial charge in [0.05, 0.1) is 40.3 Å². The third-order valence-corrected chi connectivity index (χ3v) is 11.2. The van der Waals surface area contributed by atoms with Crippen molar-refractivity contribution in [3.8, 4) is 0 Å². The van der Waals surface area contributed by atoms with Crippen LogP contribution in [0.4, 0.5) is 0 Å². The summed E-state index contributed by atoms with van der Waals surface area (Å²) >= 11 is 0. The molecule has 8 heteroatoms. The van der Waals surface area contributed by atoms with E-state index in [2.05, 4.69) is 62.5 Å². The van der Waals surface area contributed by atoms with Crippen LogP contribution in [0, 0.1) is 0 Å². The quantitative estimate of drug-likeness (QED) is 0.0260. The van der Waals surface area contributed by atoms with Gasteiger partial charge in [0.25, 0.3) is 0 Å². The molecule has 0 radical (unpaired) electrons. The van der Waals surface area contributed by atoms with Crippen LogP contribution in [0.25, 0.3) is 0 Å². The van der Waals surface area contributed by atoms with Crippen LogP contribution < -0.4 is 5.11 Å². The van der Waals surface area contributed by atoms with E-state index < -0.39 is 18.1 Å². The zero-order valence-corrected chi connectivity index (χ0v) is 40.3. The van der Waals surface area contributed by atoms with Crippen molar-refractivity contribution < 1.29 is 38.2 Å². The Kier molecular flexibility index (Phi) is 42.0. The number of quaternary nitrogens is 1. The highest BCUT2D eigenvalue weighted by atomic mass is 16.6. The Labute approximate surface area is 376 Å². The number of carboxylic acids is 1. The molecule has 0 rings (SSSR count). The number of nitrogens with zero attached hydrogens (tertiary/aromatic N) is 1. The van der Waals surface area contributed by atoms with Gasteiger partial charge < -0.3 is 28.6 Å². The van der Waals surface area contributed by atoms with Gasteiger partial charge in [-0.2, -0.15) is 0 Å². The molecule has 0 saturated heterocycles. The van der Waals surface area contributed by atoms with Crippen molar-refractivity contribution in [2.24, 2.45) is 0 Å². The maximum atomic E-state index is 12.8. The standard InChI is InChI=1S/C53H95NO7/c1-6-8-10-12-14-16-18-20-22-24-25-26-27-28-30-32-34-36-38-40-42-44-52(56)61-49(47-59-46-45-50(53(57)58)54(3,4)5)48-60-51(55)43-41-39-37-35-33-31-29-23-21-19-17-15-13-11-9-7-2/h8,10,14,16,20,22-23,29,49-50H,6-7,9,11-13,15,17-19,21,24-28,30-48H2,1-5H3/b10-8+,16-14+,22-20+,29-23+. The number of carboxylic acid groups (broad SMARTS) is 1. The fraction of sp³-hybridized carbons (Fsp3) is 0.792. The van der Waals surface area contributed by atoms with Crippen LogP contribution in [-0.2, 0) is 28.6 Å². The molecule has 0 saturated carbocycles. The van der Waals surface area contributed by atoms with Crippen molar-refractivity contribution >= 4 is 17.9 Å². The molecule has 354 valence electrons. The van der Waals surface area contributed by atoms with Gasteiger partial charge in [0.1, 0.15) is 12.6 Å². The molecule has 0 aromatic carbocycles. The summed E-state index contributed by atoms with van der Waals surface area (Å²) in [7, 11) is 5.41. The number of carbonyl (C=O) groups excluding carboxylic acids is 3. The predicted octanol–water partition coefficient (Wildman–Crippen LogP) is 13.0. The number of esters is 2. The van der Waals surface area contributed by atoms with Crippen LogP contribution in [0.2, 0.25) is 0 Å². The molecule has 61 heavy (non-hydrogen) atoms. The van der Waals surface area contributed by atoms with E-state index in [4.69, 9.17) is 14.2 Å². The molecule has 0 spiro atoms. The van der Waals surface area contributed by atoms with Crippen molar-refractivity contribution in [1.82, 2.24) is 0 Å². The Hall–Kier alpha value is -2.71. The van der Waals surface area contributed by atoms with Crippen molar-refractivity contribution in [3.63, 3.8) is 0 Å². The lowest BCUT2D eigenvalue weighted by Gasteiger charge is -2.34. The van der Waals surface area contributed by atoms with Gasteiger partial charge in [0, 0.05) is 19.3 Å². The van der Waals surface area contributed by atoms with Gasteiger partial charge in [-0.05, 0) is 70.6 Å². The maximum Gasteiger partial charge on any atom is 0.306 e. The Morgan fingerprint density at radius 2 is 0.918 bits per heavy atom. The Morgan fingerprint density at radius 1 is 0.508 bits per heavy atom. The Morgan fingerprint density at radius 3 is 1.38 bits per heavy atom. The largest absolute Gasteiger partial charge is 0.544 e. The summed E-state index contributed by atoms with van der Waals surface area (Å²) in [6, 6.07) is -0.728. The molecule has 0 bridgehead atoms. The summed E-state index contributed by atoms with van der Waals surface area (Å²) in [4.78, 5) is 37.0. The minimum absolute atomic E-state index is 0.0376. The van der Waals surface area contributed by atoms with E-state index in [9.17, 15) is 19.5 Å². The topological polar surface area (TPSA) is 102 Å². The molecular weight excluding hydrogens is 763 g/mol. The molecule has 0 aromatic rings. The van der Waals surface area contributed by atoms with Gasteiger partial charge in [-0.3, -0.25) is 9.59 Å². The van der Waals surface area contributed by atoms with Crippen LogP contribution in [0.3, 0.4) is 0 Å². The lowest BCUT2D eigenvalue weighted by atomic mass is 10.0. The zero-order valence-electron chi connectivity index (χ0n) is 40.3. The average molecular weight is 858 g/mol. The highest BCUT2D eigenvalue weighted by Crippen LogP contribution is 2.15. The number of allylic oxidation sites excluding steroid dienone is 8. The molecule has 0 aliphatic rings. The number of hydrogen-bond acceptors (Lipinski definition) is 7. The van der Waals surface area contributed by atoms with Gasteiger partial charge in [0.2, 0.25) is 0 Å². The van der Waals surface area contributed by atoms with E-state index in [1.807, 2.05) is 0 Å². The minimum Gasteiger partial charge on any atom is -0.544 e. The van der Waals surface area contributed by atoms with Crippen LogP contribution in [0.15, 0.2) is 48.6 Å². The first-order valence-electron chi connectivity index (χ1n) is 25.2. The van der Waals surface area contributed by atoms with Gasteiger partial charge in [0.15, 0.2) is 6.10 Å². The number of likely N-dealkylation sites (N-methyl/N-ethyl adjacent to an activating group) is 1. The van der Waals surface area contributed by atoms with Gasteiger partial charge in [-0.15, -0.1) is 0 Å². The first-order chi connectivity index (χ1) is 29.6. The second kappa shape index (κ2) is 43.9. The smallest absolute Gasteiger partial charge is 0.306 e. The fourth-order valence-corrected chi connectivity index (χ4v) is 7.32. The zero-order chi connectivity index (χ0) is 44.9. The number of unbranched alkanes of at least 4 members (excludes halogenated alkanes) is 23. The lowest BCUT2D eigenvalue weighted by Crippen LogP contribution is -2.55. The second-order valence-corrected chi connectivity index (χ2v) is 18.0. The summed E-state index contributed by atoms with van der Waals surface area (Å²) in [6.07, 6.45) is 52.8. The number of hydrogen-bond donors (Lipinski definition) is 0. The fourth-order valence-electron chi connectivity index (χ4n) is 7.32. The molecule has 0 heterocycles.